The summed E-state index contributed by atoms with van der Waals surface area (Å²) in [5.74, 6) is -0.461. The van der Waals surface area contributed by atoms with E-state index in [0.29, 0.717) is 34.6 Å². The van der Waals surface area contributed by atoms with Crippen molar-refractivity contribution in [2.45, 2.75) is 46.1 Å². The van der Waals surface area contributed by atoms with Gasteiger partial charge in [-0.15, -0.1) is 0 Å². The van der Waals surface area contributed by atoms with Gasteiger partial charge in [-0.1, -0.05) is 67.5 Å². The number of fused-ring (bicyclic) bond motifs is 2. The molecule has 0 saturated carbocycles. The second-order valence-corrected chi connectivity index (χ2v) is 10.7. The zero-order chi connectivity index (χ0) is 28.4. The lowest BCUT2D eigenvalue weighted by Gasteiger charge is -2.23. The molecule has 0 N–H and O–H groups in total. The Labute approximate surface area is 235 Å². The molecule has 1 aliphatic rings. The Balaban J connectivity index is 1.65. The Morgan fingerprint density at radius 2 is 2.00 bits per heavy atom. The molecule has 2 aromatic heterocycles. The number of aryl methyl sites for hydroxylation is 2. The van der Waals surface area contributed by atoms with Gasteiger partial charge in [0, 0.05) is 0 Å². The van der Waals surface area contributed by atoms with Gasteiger partial charge in [-0.05, 0) is 50.1 Å². The zero-order valence-electron chi connectivity index (χ0n) is 22.7. The van der Waals surface area contributed by atoms with Crippen LogP contribution >= 0.6 is 11.3 Å². The zero-order valence-corrected chi connectivity index (χ0v) is 23.5. The lowest BCUT2D eigenvalue weighted by molar-refractivity contribution is 0.0554. The highest BCUT2D eigenvalue weighted by Crippen LogP contribution is 2.43. The Kier molecular flexibility index (Phi) is 7.84. The molecular formula is C31H30N2O6S. The van der Waals surface area contributed by atoms with Gasteiger partial charge in [0.05, 0.1) is 29.3 Å². The van der Waals surface area contributed by atoms with E-state index in [-0.39, 0.29) is 33.4 Å². The van der Waals surface area contributed by atoms with Crippen molar-refractivity contribution in [1.29, 1.82) is 0 Å². The Hall–Kier alpha value is -4.24. The summed E-state index contributed by atoms with van der Waals surface area (Å²) in [5.41, 5.74) is 2.27. The number of hydrogen-bond donors (Lipinski definition) is 0. The average Bonchev–Trinajstić information content (AvgIpc) is 3.47. The van der Waals surface area contributed by atoms with Crippen LogP contribution < -0.4 is 15.1 Å². The van der Waals surface area contributed by atoms with Gasteiger partial charge in [0.15, 0.2) is 10.6 Å². The highest BCUT2D eigenvalue weighted by atomic mass is 32.1. The van der Waals surface area contributed by atoms with Crippen molar-refractivity contribution in [2.24, 2.45) is 0 Å². The molecule has 0 spiro atoms. The van der Waals surface area contributed by atoms with Gasteiger partial charge in [0.25, 0.3) is 5.91 Å². The number of aromatic nitrogens is 1. The quantitative estimate of drug-likeness (QED) is 0.124. The first kappa shape index (κ1) is 27.3. The van der Waals surface area contributed by atoms with Crippen molar-refractivity contribution >= 4 is 39.3 Å². The smallest absolute Gasteiger partial charge is 0.350 e. The second kappa shape index (κ2) is 11.5. The molecule has 206 valence electrons. The van der Waals surface area contributed by atoms with Crippen LogP contribution in [0.5, 0.6) is 5.75 Å². The minimum absolute atomic E-state index is 0.0377. The fourth-order valence-corrected chi connectivity index (χ4v) is 5.78. The van der Waals surface area contributed by atoms with Crippen LogP contribution in [0.2, 0.25) is 0 Å². The number of thiazole rings is 1. The number of benzene rings is 2. The third kappa shape index (κ3) is 5.04. The van der Waals surface area contributed by atoms with E-state index in [2.05, 4.69) is 18.5 Å². The Morgan fingerprint density at radius 3 is 2.77 bits per heavy atom. The minimum atomic E-state index is -0.828. The van der Waals surface area contributed by atoms with E-state index >= 15 is 0 Å². The van der Waals surface area contributed by atoms with Gasteiger partial charge in [-0.3, -0.25) is 14.5 Å². The van der Waals surface area contributed by atoms with Gasteiger partial charge < -0.3 is 13.9 Å². The number of hydrogen-bond acceptors (Lipinski definition) is 8. The number of nitrogens with zero attached hydrogens (tertiary/aromatic N) is 2. The van der Waals surface area contributed by atoms with Crippen molar-refractivity contribution < 1.29 is 23.5 Å². The summed E-state index contributed by atoms with van der Waals surface area (Å²) in [6, 6.07) is 11.8. The molecule has 8 nitrogen and oxygen atoms in total. The molecule has 0 bridgehead atoms. The summed E-state index contributed by atoms with van der Waals surface area (Å²) >= 11 is 1.03. The Bertz CT molecular complexity index is 1670. The SMILES string of the molecule is C=CCOC(=O)c1sc(N2C(=O)c3oc4ccc(C)cc4c(=O)c3C2c2cccc(OCCCCC)c2)nc1C. The molecule has 1 amide bonds. The van der Waals surface area contributed by atoms with E-state index in [0.717, 1.165) is 36.2 Å². The number of unbranched alkanes of at least 4 members (excludes halogenated alkanes) is 2. The first-order valence-electron chi connectivity index (χ1n) is 13.2. The van der Waals surface area contributed by atoms with Crippen LogP contribution in [0, 0.1) is 13.8 Å². The van der Waals surface area contributed by atoms with Gasteiger partial charge in [-0.2, -0.15) is 0 Å². The topological polar surface area (TPSA) is 98.9 Å². The number of amides is 1. The molecule has 1 aliphatic heterocycles. The molecule has 0 saturated heterocycles. The van der Waals surface area contributed by atoms with Crippen molar-refractivity contribution in [1.82, 2.24) is 4.98 Å². The monoisotopic (exact) mass is 558 g/mol. The first-order valence-corrected chi connectivity index (χ1v) is 14.0. The van der Waals surface area contributed by atoms with Crippen molar-refractivity contribution in [3.8, 4) is 5.75 Å². The largest absolute Gasteiger partial charge is 0.494 e. The lowest BCUT2D eigenvalue weighted by atomic mass is 9.98. The normalized spacial score (nSPS) is 14.4. The number of anilines is 1. The van der Waals surface area contributed by atoms with Crippen LogP contribution in [0.4, 0.5) is 5.13 Å². The molecule has 0 fully saturated rings. The van der Waals surface area contributed by atoms with E-state index < -0.39 is 17.9 Å². The number of carbonyl (C=O) groups excluding carboxylic acids is 2. The van der Waals surface area contributed by atoms with Crippen LogP contribution in [0.25, 0.3) is 11.0 Å². The fraction of sp³-hybridized carbons (Fsp3) is 0.290. The van der Waals surface area contributed by atoms with E-state index in [1.54, 1.807) is 19.1 Å². The third-order valence-corrected chi connectivity index (χ3v) is 7.86. The molecule has 1 unspecified atom stereocenters. The van der Waals surface area contributed by atoms with Gasteiger partial charge in [0.1, 0.15) is 22.8 Å². The highest BCUT2D eigenvalue weighted by Gasteiger charge is 2.45. The summed E-state index contributed by atoms with van der Waals surface area (Å²) in [6.45, 7) is 9.89. The van der Waals surface area contributed by atoms with Crippen LogP contribution in [-0.4, -0.2) is 30.1 Å². The number of rotatable bonds is 10. The van der Waals surface area contributed by atoms with Crippen LogP contribution in [-0.2, 0) is 4.74 Å². The third-order valence-electron chi connectivity index (χ3n) is 6.73. The number of ether oxygens (including phenoxy) is 2. The summed E-state index contributed by atoms with van der Waals surface area (Å²) < 4.78 is 17.3. The predicted octanol–water partition coefficient (Wildman–Crippen LogP) is 6.53. The lowest BCUT2D eigenvalue weighted by Crippen LogP contribution is -2.29. The summed E-state index contributed by atoms with van der Waals surface area (Å²) in [7, 11) is 0. The van der Waals surface area contributed by atoms with E-state index in [1.807, 2.05) is 37.3 Å². The molecule has 5 rings (SSSR count). The maximum Gasteiger partial charge on any atom is 0.350 e. The first-order chi connectivity index (χ1) is 19.3. The standard InChI is InChI=1S/C31H30N2O6S/c1-5-7-8-15-37-21-11-9-10-20(17-21)25-24-26(34)22-16-18(3)12-13-23(22)39-27(24)29(35)33(25)31-32-19(4)28(40-31)30(36)38-14-6-2/h6,9-13,16-17,25H,2,5,7-8,14-15H2,1,3-4H3. The van der Waals surface area contributed by atoms with Gasteiger partial charge in [-0.25, -0.2) is 9.78 Å². The summed E-state index contributed by atoms with van der Waals surface area (Å²) in [5, 5.41) is 0.660. The summed E-state index contributed by atoms with van der Waals surface area (Å²) in [6.07, 6.45) is 4.55. The van der Waals surface area contributed by atoms with Crippen LogP contribution in [0.15, 0.2) is 64.3 Å². The minimum Gasteiger partial charge on any atom is -0.494 e. The van der Waals surface area contributed by atoms with Gasteiger partial charge >= 0.3 is 5.97 Å². The molecule has 1 atom stereocenters. The maximum absolute atomic E-state index is 13.9. The molecule has 0 aliphatic carbocycles. The number of carbonyl (C=O) groups is 2. The Morgan fingerprint density at radius 1 is 1.18 bits per heavy atom. The highest BCUT2D eigenvalue weighted by molar-refractivity contribution is 7.17. The predicted molar refractivity (Wildman–Crippen MR) is 155 cm³/mol. The molecular weight excluding hydrogens is 528 g/mol. The average molecular weight is 559 g/mol. The molecule has 40 heavy (non-hydrogen) atoms. The molecule has 2 aromatic carbocycles. The van der Waals surface area contributed by atoms with E-state index in [9.17, 15) is 14.4 Å². The van der Waals surface area contributed by atoms with Crippen molar-refractivity contribution in [3.05, 3.63) is 98.4 Å². The van der Waals surface area contributed by atoms with E-state index in [1.165, 1.54) is 11.0 Å². The van der Waals surface area contributed by atoms with Crippen molar-refractivity contribution in [2.75, 3.05) is 18.1 Å². The molecule has 3 heterocycles. The van der Waals surface area contributed by atoms with Gasteiger partial charge in [0.2, 0.25) is 5.76 Å². The maximum atomic E-state index is 13.9. The molecule has 4 aromatic rings. The molecule has 9 heteroatoms. The van der Waals surface area contributed by atoms with Crippen LogP contribution in [0.1, 0.15) is 74.8 Å². The van der Waals surface area contributed by atoms with Crippen LogP contribution in [0.3, 0.4) is 0 Å². The summed E-state index contributed by atoms with van der Waals surface area (Å²) in [4.78, 5) is 46.8. The van der Waals surface area contributed by atoms with E-state index in [4.69, 9.17) is 13.9 Å². The number of esters is 1. The van der Waals surface area contributed by atoms with Crippen molar-refractivity contribution in [3.63, 3.8) is 0 Å². The fourth-order valence-electron chi connectivity index (χ4n) is 4.79. The second-order valence-electron chi connectivity index (χ2n) is 9.68. The molecule has 0 radical (unpaired) electrons.